The Morgan fingerprint density at radius 2 is 2.00 bits per heavy atom. The standard InChI is InChI=1S/C15H18BrNS/c1-4-17-15(14-8-6-11(3)18-14)13-9-12(16)7-5-10(13)2/h5-9,15,17H,4H2,1-3H3. The van der Waals surface area contributed by atoms with Crippen molar-refractivity contribution in [1.82, 2.24) is 5.32 Å². The van der Waals surface area contributed by atoms with Crippen molar-refractivity contribution in [2.75, 3.05) is 6.54 Å². The molecule has 2 aromatic rings. The first-order chi connectivity index (χ1) is 8.61. The number of hydrogen-bond donors (Lipinski definition) is 1. The zero-order valence-electron chi connectivity index (χ0n) is 11.0. The highest BCUT2D eigenvalue weighted by molar-refractivity contribution is 9.10. The smallest absolute Gasteiger partial charge is 0.0674 e. The van der Waals surface area contributed by atoms with Crippen molar-refractivity contribution < 1.29 is 0 Å². The van der Waals surface area contributed by atoms with Crippen molar-refractivity contribution in [1.29, 1.82) is 0 Å². The second-order valence-electron chi connectivity index (χ2n) is 4.44. The number of aryl methyl sites for hydroxylation is 2. The summed E-state index contributed by atoms with van der Waals surface area (Å²) < 4.78 is 1.14. The van der Waals surface area contributed by atoms with Crippen LogP contribution in [-0.4, -0.2) is 6.54 Å². The molecule has 0 fully saturated rings. The lowest BCUT2D eigenvalue weighted by atomic mass is 10.00. The zero-order chi connectivity index (χ0) is 13.1. The van der Waals surface area contributed by atoms with E-state index >= 15 is 0 Å². The fraction of sp³-hybridized carbons (Fsp3) is 0.333. The van der Waals surface area contributed by atoms with Crippen molar-refractivity contribution in [3.63, 3.8) is 0 Å². The first kappa shape index (κ1) is 13.8. The van der Waals surface area contributed by atoms with Gasteiger partial charge in [0, 0.05) is 14.2 Å². The third-order valence-corrected chi connectivity index (χ3v) is 4.56. The Morgan fingerprint density at radius 1 is 1.22 bits per heavy atom. The van der Waals surface area contributed by atoms with Crippen LogP contribution in [0, 0.1) is 13.8 Å². The highest BCUT2D eigenvalue weighted by Crippen LogP contribution is 2.31. The monoisotopic (exact) mass is 323 g/mol. The first-order valence-corrected chi connectivity index (χ1v) is 7.78. The van der Waals surface area contributed by atoms with Crippen LogP contribution in [0.25, 0.3) is 0 Å². The van der Waals surface area contributed by atoms with E-state index in [0.29, 0.717) is 6.04 Å². The summed E-state index contributed by atoms with van der Waals surface area (Å²) in [5.41, 5.74) is 2.68. The maximum Gasteiger partial charge on any atom is 0.0674 e. The van der Waals surface area contributed by atoms with Crippen LogP contribution < -0.4 is 5.32 Å². The second-order valence-corrected chi connectivity index (χ2v) is 6.68. The lowest BCUT2D eigenvalue weighted by molar-refractivity contribution is 0.636. The molecule has 96 valence electrons. The molecule has 0 amide bonds. The molecule has 1 atom stereocenters. The number of nitrogens with one attached hydrogen (secondary N) is 1. The molecule has 1 aromatic carbocycles. The van der Waals surface area contributed by atoms with Crippen molar-refractivity contribution in [2.45, 2.75) is 26.8 Å². The van der Waals surface area contributed by atoms with Gasteiger partial charge in [0.25, 0.3) is 0 Å². The Labute approximate surface area is 121 Å². The Balaban J connectivity index is 2.44. The molecule has 1 heterocycles. The van der Waals surface area contributed by atoms with E-state index in [1.807, 2.05) is 11.3 Å². The molecule has 0 radical (unpaired) electrons. The lowest BCUT2D eigenvalue weighted by Crippen LogP contribution is -2.21. The van der Waals surface area contributed by atoms with Gasteiger partial charge in [-0.1, -0.05) is 28.9 Å². The molecule has 0 aliphatic carbocycles. The van der Waals surface area contributed by atoms with Gasteiger partial charge in [0.15, 0.2) is 0 Å². The Kier molecular flexibility index (Phi) is 4.60. The summed E-state index contributed by atoms with van der Waals surface area (Å²) in [6.07, 6.45) is 0. The van der Waals surface area contributed by atoms with Gasteiger partial charge in [0.1, 0.15) is 0 Å². The van der Waals surface area contributed by atoms with E-state index < -0.39 is 0 Å². The SMILES string of the molecule is CCNC(c1ccc(C)s1)c1cc(Br)ccc1C. The fourth-order valence-corrected chi connectivity index (χ4v) is 3.45. The lowest BCUT2D eigenvalue weighted by Gasteiger charge is -2.19. The van der Waals surface area contributed by atoms with Gasteiger partial charge in [-0.2, -0.15) is 0 Å². The molecule has 0 saturated carbocycles. The number of thiophene rings is 1. The van der Waals surface area contributed by atoms with Crippen molar-refractivity contribution in [2.24, 2.45) is 0 Å². The molecule has 0 bridgehead atoms. The van der Waals surface area contributed by atoms with Crippen LogP contribution in [-0.2, 0) is 0 Å². The molecule has 1 aromatic heterocycles. The topological polar surface area (TPSA) is 12.0 Å². The molecule has 0 aliphatic heterocycles. The molecular formula is C15H18BrNS. The van der Waals surface area contributed by atoms with Gasteiger partial charge in [0.2, 0.25) is 0 Å². The van der Waals surface area contributed by atoms with Crippen molar-refractivity contribution >= 4 is 27.3 Å². The van der Waals surface area contributed by atoms with Crippen LogP contribution >= 0.6 is 27.3 Å². The molecule has 18 heavy (non-hydrogen) atoms. The van der Waals surface area contributed by atoms with Gasteiger partial charge >= 0.3 is 0 Å². The van der Waals surface area contributed by atoms with Crippen LogP contribution in [0.3, 0.4) is 0 Å². The van der Waals surface area contributed by atoms with E-state index in [0.717, 1.165) is 11.0 Å². The normalized spacial score (nSPS) is 12.7. The van der Waals surface area contributed by atoms with E-state index in [2.05, 4.69) is 72.3 Å². The van der Waals surface area contributed by atoms with E-state index in [1.165, 1.54) is 20.9 Å². The third-order valence-electron chi connectivity index (χ3n) is 3.01. The summed E-state index contributed by atoms with van der Waals surface area (Å²) in [7, 11) is 0. The van der Waals surface area contributed by atoms with E-state index in [1.54, 1.807) is 0 Å². The van der Waals surface area contributed by atoms with Crippen molar-refractivity contribution in [3.05, 3.63) is 55.7 Å². The molecule has 0 aliphatic rings. The summed E-state index contributed by atoms with van der Waals surface area (Å²) in [6, 6.07) is 11.2. The Morgan fingerprint density at radius 3 is 2.61 bits per heavy atom. The van der Waals surface area contributed by atoms with E-state index in [4.69, 9.17) is 0 Å². The number of hydrogen-bond acceptors (Lipinski definition) is 2. The van der Waals surface area contributed by atoms with Gasteiger partial charge < -0.3 is 5.32 Å². The summed E-state index contributed by atoms with van der Waals surface area (Å²) in [4.78, 5) is 2.75. The highest BCUT2D eigenvalue weighted by Gasteiger charge is 2.16. The van der Waals surface area contributed by atoms with Crippen molar-refractivity contribution in [3.8, 4) is 0 Å². The van der Waals surface area contributed by atoms with Crippen LogP contribution in [0.5, 0.6) is 0 Å². The summed E-state index contributed by atoms with van der Waals surface area (Å²) in [6.45, 7) is 7.45. The highest BCUT2D eigenvalue weighted by atomic mass is 79.9. The third kappa shape index (κ3) is 3.02. The summed E-state index contributed by atoms with van der Waals surface area (Å²) in [5, 5.41) is 3.59. The minimum Gasteiger partial charge on any atom is -0.306 e. The summed E-state index contributed by atoms with van der Waals surface area (Å²) in [5.74, 6) is 0. The maximum absolute atomic E-state index is 3.59. The van der Waals surface area contributed by atoms with Crippen LogP contribution in [0.4, 0.5) is 0 Å². The molecule has 1 nitrogen and oxygen atoms in total. The average molecular weight is 324 g/mol. The van der Waals surface area contributed by atoms with E-state index in [9.17, 15) is 0 Å². The molecule has 1 unspecified atom stereocenters. The molecular weight excluding hydrogens is 306 g/mol. The minimum absolute atomic E-state index is 0.297. The van der Waals surface area contributed by atoms with Crippen LogP contribution in [0.1, 0.15) is 33.8 Å². The molecule has 0 spiro atoms. The predicted molar refractivity (Wildman–Crippen MR) is 83.5 cm³/mol. The van der Waals surface area contributed by atoms with E-state index in [-0.39, 0.29) is 0 Å². The van der Waals surface area contributed by atoms with Crippen LogP contribution in [0.2, 0.25) is 0 Å². The van der Waals surface area contributed by atoms with Gasteiger partial charge in [-0.25, -0.2) is 0 Å². The van der Waals surface area contributed by atoms with Gasteiger partial charge in [0.05, 0.1) is 6.04 Å². The second kappa shape index (κ2) is 6.00. The van der Waals surface area contributed by atoms with Gasteiger partial charge in [-0.3, -0.25) is 0 Å². The number of rotatable bonds is 4. The molecule has 2 rings (SSSR count). The number of benzene rings is 1. The molecule has 0 saturated heterocycles. The quantitative estimate of drug-likeness (QED) is 0.850. The predicted octanol–water partition coefficient (Wildman–Crippen LogP) is 4.83. The Hall–Kier alpha value is -0.640. The zero-order valence-corrected chi connectivity index (χ0v) is 13.4. The minimum atomic E-state index is 0.297. The Bertz CT molecular complexity index is 533. The maximum atomic E-state index is 3.59. The molecule has 3 heteroatoms. The largest absolute Gasteiger partial charge is 0.306 e. The number of halogens is 1. The summed E-state index contributed by atoms with van der Waals surface area (Å²) >= 11 is 5.44. The molecule has 1 N–H and O–H groups in total. The van der Waals surface area contributed by atoms with Gasteiger partial charge in [-0.05, 0) is 55.8 Å². The van der Waals surface area contributed by atoms with Gasteiger partial charge in [-0.15, -0.1) is 11.3 Å². The van der Waals surface area contributed by atoms with Crippen LogP contribution in [0.15, 0.2) is 34.8 Å². The fourth-order valence-electron chi connectivity index (χ4n) is 2.10. The first-order valence-electron chi connectivity index (χ1n) is 6.17. The average Bonchev–Trinajstić information content (AvgIpc) is 2.76.